The van der Waals surface area contributed by atoms with Crippen LogP contribution in [-0.4, -0.2) is 42.3 Å². The Kier molecular flexibility index (Phi) is 6.68. The molecule has 3 aromatic rings. The Hall–Kier alpha value is -3.27. The molecule has 0 saturated heterocycles. The lowest BCUT2D eigenvalue weighted by Crippen LogP contribution is -2.47. The van der Waals surface area contributed by atoms with Crippen LogP contribution in [0.4, 0.5) is 11.4 Å². The van der Waals surface area contributed by atoms with Crippen LogP contribution in [-0.2, 0) is 24.2 Å². The number of carbonyl (C=O) groups is 1. The molecule has 0 saturated carbocycles. The van der Waals surface area contributed by atoms with Crippen molar-refractivity contribution in [1.29, 1.82) is 0 Å². The molecule has 0 spiro atoms. The Balaban J connectivity index is 1.97. The van der Waals surface area contributed by atoms with Crippen molar-refractivity contribution in [3.8, 4) is 17.2 Å². The zero-order chi connectivity index (χ0) is 25.4. The number of halogens is 1. The summed E-state index contributed by atoms with van der Waals surface area (Å²) in [5, 5.41) is 0. The lowest BCUT2D eigenvalue weighted by atomic mass is 9.80. The first-order chi connectivity index (χ1) is 16.7. The summed E-state index contributed by atoms with van der Waals surface area (Å²) in [6.45, 7) is 1.96. The fraction of sp³-hybridized carbons (Fsp3) is 0.240. The van der Waals surface area contributed by atoms with Gasteiger partial charge in [-0.2, -0.15) is 0 Å². The van der Waals surface area contributed by atoms with E-state index in [-0.39, 0.29) is 28.8 Å². The van der Waals surface area contributed by atoms with Crippen LogP contribution < -0.4 is 19.1 Å². The van der Waals surface area contributed by atoms with Crippen molar-refractivity contribution in [2.45, 2.75) is 17.4 Å². The molecule has 0 unspecified atom stereocenters. The van der Waals surface area contributed by atoms with Crippen molar-refractivity contribution in [3.05, 3.63) is 71.8 Å². The van der Waals surface area contributed by atoms with Crippen LogP contribution in [0.25, 0.3) is 0 Å². The second-order valence-corrected chi connectivity index (χ2v) is 10.2. The highest BCUT2D eigenvalue weighted by molar-refractivity contribution is 8.13. The maximum Gasteiger partial charge on any atom is 0.353 e. The zero-order valence-corrected chi connectivity index (χ0v) is 21.1. The van der Waals surface area contributed by atoms with Crippen molar-refractivity contribution >= 4 is 37.1 Å². The average molecular weight is 518 g/mol. The molecule has 10 heteroatoms. The van der Waals surface area contributed by atoms with E-state index in [4.69, 9.17) is 29.6 Å². The van der Waals surface area contributed by atoms with Gasteiger partial charge in [0.2, 0.25) is 11.4 Å². The fourth-order valence-corrected chi connectivity index (χ4v) is 5.38. The van der Waals surface area contributed by atoms with Crippen LogP contribution in [0.5, 0.6) is 17.2 Å². The molecule has 0 aromatic heterocycles. The minimum Gasteiger partial charge on any atom is -0.493 e. The third-order valence-corrected chi connectivity index (χ3v) is 7.20. The Morgan fingerprint density at radius 2 is 1.49 bits per heavy atom. The van der Waals surface area contributed by atoms with Gasteiger partial charge in [0.25, 0.3) is 9.05 Å². The topological polar surface area (TPSA) is 91.4 Å². The Labute approximate surface area is 208 Å². The number of methoxy groups -OCH3 is 2. The molecule has 4 rings (SSSR count). The zero-order valence-electron chi connectivity index (χ0n) is 19.6. The minimum atomic E-state index is -4.22. The Bertz CT molecular complexity index is 1340. The molecular weight excluding hydrogens is 494 g/mol. The molecule has 0 radical (unpaired) electrons. The number of hydrogen-bond acceptors (Lipinski definition) is 8. The molecule has 0 bridgehead atoms. The van der Waals surface area contributed by atoms with E-state index in [1.165, 1.54) is 26.4 Å². The molecule has 184 valence electrons. The van der Waals surface area contributed by atoms with Gasteiger partial charge in [0.15, 0.2) is 11.5 Å². The predicted molar refractivity (Wildman–Crippen MR) is 132 cm³/mol. The highest BCUT2D eigenvalue weighted by Gasteiger charge is 2.51. The highest BCUT2D eigenvalue weighted by atomic mass is 35.7. The smallest absolute Gasteiger partial charge is 0.353 e. The van der Waals surface area contributed by atoms with Crippen molar-refractivity contribution in [2.24, 2.45) is 0 Å². The first-order valence-corrected chi connectivity index (χ1v) is 13.0. The van der Waals surface area contributed by atoms with Crippen molar-refractivity contribution in [3.63, 3.8) is 0 Å². The van der Waals surface area contributed by atoms with Crippen molar-refractivity contribution in [1.82, 2.24) is 0 Å². The van der Waals surface area contributed by atoms with Gasteiger partial charge in [-0.1, -0.05) is 36.4 Å². The van der Waals surface area contributed by atoms with E-state index in [0.717, 1.165) is 11.4 Å². The molecule has 0 aliphatic carbocycles. The van der Waals surface area contributed by atoms with Gasteiger partial charge in [-0.15, -0.1) is 0 Å². The van der Waals surface area contributed by atoms with Gasteiger partial charge in [-0.3, -0.25) is 0 Å². The molecule has 35 heavy (non-hydrogen) atoms. The first-order valence-electron chi connectivity index (χ1n) is 10.7. The van der Waals surface area contributed by atoms with Gasteiger partial charge in [-0.05, 0) is 31.2 Å². The van der Waals surface area contributed by atoms with Crippen LogP contribution in [0.2, 0.25) is 0 Å². The second kappa shape index (κ2) is 9.41. The average Bonchev–Trinajstić information content (AvgIpc) is 2.85. The number of benzene rings is 3. The van der Waals surface area contributed by atoms with Crippen molar-refractivity contribution < 1.29 is 32.2 Å². The summed E-state index contributed by atoms with van der Waals surface area (Å²) in [4.78, 5) is 15.8. The Morgan fingerprint density at radius 3 is 1.97 bits per heavy atom. The molecule has 0 atom stereocenters. The summed E-state index contributed by atoms with van der Waals surface area (Å²) in [5.74, 6) is -1.20. The maximum absolute atomic E-state index is 14.1. The SMILES string of the molecule is CCOC1(C(=O)Oc2c(OC)ccc(S(=O)(=O)Cl)c2OC)c2ccccc2N(C)c2ccccc21. The van der Waals surface area contributed by atoms with E-state index in [1.807, 2.05) is 48.3 Å². The van der Waals surface area contributed by atoms with Crippen LogP contribution in [0.15, 0.2) is 65.6 Å². The molecule has 0 fully saturated rings. The monoisotopic (exact) mass is 517 g/mol. The molecule has 8 nitrogen and oxygen atoms in total. The van der Waals surface area contributed by atoms with E-state index in [1.54, 1.807) is 19.1 Å². The first kappa shape index (κ1) is 24.8. The normalized spacial score (nSPS) is 14.0. The largest absolute Gasteiger partial charge is 0.493 e. The molecular formula is C25H24ClNO7S. The van der Waals surface area contributed by atoms with Crippen molar-refractivity contribution in [2.75, 3.05) is 32.8 Å². The lowest BCUT2D eigenvalue weighted by Gasteiger charge is -2.42. The molecule has 3 aromatic carbocycles. The number of hydrogen-bond donors (Lipinski definition) is 0. The fourth-order valence-electron chi connectivity index (χ4n) is 4.39. The third-order valence-electron chi connectivity index (χ3n) is 5.86. The van der Waals surface area contributed by atoms with Gasteiger partial charge in [0, 0.05) is 46.8 Å². The van der Waals surface area contributed by atoms with Crippen LogP contribution >= 0.6 is 10.7 Å². The molecule has 0 N–H and O–H groups in total. The summed E-state index contributed by atoms with van der Waals surface area (Å²) < 4.78 is 47.1. The number of para-hydroxylation sites is 2. The summed E-state index contributed by atoms with van der Waals surface area (Å²) in [6.07, 6.45) is 0. The number of rotatable bonds is 7. The number of esters is 1. The van der Waals surface area contributed by atoms with Gasteiger partial charge < -0.3 is 23.8 Å². The predicted octanol–water partition coefficient (Wildman–Crippen LogP) is 4.60. The highest BCUT2D eigenvalue weighted by Crippen LogP contribution is 2.51. The number of fused-ring (bicyclic) bond motifs is 2. The number of ether oxygens (including phenoxy) is 4. The van der Waals surface area contributed by atoms with Gasteiger partial charge in [0.1, 0.15) is 4.90 Å². The molecule has 0 amide bonds. The molecule has 1 aliphatic heterocycles. The van der Waals surface area contributed by atoms with Gasteiger partial charge in [0.05, 0.1) is 14.2 Å². The number of anilines is 2. The maximum atomic E-state index is 14.1. The number of nitrogens with zero attached hydrogens (tertiary/aromatic N) is 1. The van der Waals surface area contributed by atoms with E-state index in [2.05, 4.69) is 0 Å². The van der Waals surface area contributed by atoms with E-state index < -0.39 is 20.6 Å². The summed E-state index contributed by atoms with van der Waals surface area (Å²) >= 11 is 0. The summed E-state index contributed by atoms with van der Waals surface area (Å²) in [5.41, 5.74) is 1.01. The van der Waals surface area contributed by atoms with Gasteiger partial charge in [-0.25, -0.2) is 13.2 Å². The molecule has 1 heterocycles. The van der Waals surface area contributed by atoms with Gasteiger partial charge >= 0.3 is 5.97 Å². The Morgan fingerprint density at radius 1 is 0.914 bits per heavy atom. The second-order valence-electron chi connectivity index (χ2n) is 7.66. The van der Waals surface area contributed by atoms with E-state index >= 15 is 0 Å². The standard InChI is InChI=1S/C25H24ClNO7S/c1-5-33-25(16-10-6-8-12-18(16)27(2)19-13-9-7-11-17(19)25)24(28)34-22-20(31-3)14-15-21(23(22)32-4)35(26,29)30/h6-15H,5H2,1-4H3. The number of carbonyl (C=O) groups excluding carboxylic acids is 1. The van der Waals surface area contributed by atoms with Crippen LogP contribution in [0.3, 0.4) is 0 Å². The quantitative estimate of drug-likeness (QED) is 0.255. The summed E-state index contributed by atoms with van der Waals surface area (Å²) in [6, 6.07) is 17.3. The van der Waals surface area contributed by atoms with E-state index in [0.29, 0.717) is 11.1 Å². The summed E-state index contributed by atoms with van der Waals surface area (Å²) in [7, 11) is 5.89. The minimum absolute atomic E-state index is 0.0837. The van der Waals surface area contributed by atoms with Crippen LogP contribution in [0, 0.1) is 0 Å². The van der Waals surface area contributed by atoms with E-state index in [9.17, 15) is 13.2 Å². The lowest BCUT2D eigenvalue weighted by molar-refractivity contribution is -0.158. The third kappa shape index (κ3) is 3.99. The van der Waals surface area contributed by atoms with Crippen LogP contribution in [0.1, 0.15) is 18.1 Å². The molecule has 1 aliphatic rings.